The third-order valence-corrected chi connectivity index (χ3v) is 5.58. The van der Waals surface area contributed by atoms with Gasteiger partial charge in [0.2, 0.25) is 5.89 Å². The molecule has 0 saturated heterocycles. The maximum atomic E-state index is 12.7. The predicted octanol–water partition coefficient (Wildman–Crippen LogP) is 3.41. The number of oxazole rings is 1. The molecule has 32 heavy (non-hydrogen) atoms. The summed E-state index contributed by atoms with van der Waals surface area (Å²) in [4.78, 5) is 41.2. The summed E-state index contributed by atoms with van der Waals surface area (Å²) in [5, 5.41) is 2.16. The lowest BCUT2D eigenvalue weighted by Gasteiger charge is -2.18. The largest absolute Gasteiger partial charge is 0.436 e. The van der Waals surface area contributed by atoms with E-state index in [9.17, 15) is 14.4 Å². The number of carbonyl (C=O) groups excluding carboxylic acids is 2. The zero-order valence-electron chi connectivity index (χ0n) is 17.7. The van der Waals surface area contributed by atoms with Gasteiger partial charge in [0.05, 0.1) is 16.8 Å². The zero-order chi connectivity index (χ0) is 22.8. The Morgan fingerprint density at radius 2 is 1.69 bits per heavy atom. The molecule has 2 aromatic heterocycles. The van der Waals surface area contributed by atoms with Crippen LogP contribution >= 0.6 is 0 Å². The topological polar surface area (TPSA) is 120 Å². The fourth-order valence-electron chi connectivity index (χ4n) is 3.84. The van der Waals surface area contributed by atoms with Gasteiger partial charge in [0.1, 0.15) is 11.3 Å². The normalized spacial score (nSPS) is 13.5. The molecule has 1 aliphatic rings. The Hall–Kier alpha value is -4.20. The number of hydrogen-bond acceptors (Lipinski definition) is 6. The van der Waals surface area contributed by atoms with Crippen LogP contribution in [0.3, 0.4) is 0 Å². The number of nitrogens with two attached hydrogens (primary N) is 1. The van der Waals surface area contributed by atoms with Crippen LogP contribution in [0.5, 0.6) is 0 Å². The molecule has 0 aliphatic carbocycles. The zero-order valence-corrected chi connectivity index (χ0v) is 17.7. The molecular formula is C24H20N4O4. The maximum absolute atomic E-state index is 12.7. The number of nitrogens with zero attached hydrogens (tertiary/aromatic N) is 2. The first-order chi connectivity index (χ1) is 15.1. The van der Waals surface area contributed by atoms with Gasteiger partial charge in [0, 0.05) is 11.6 Å². The molecule has 0 radical (unpaired) electrons. The standard InChI is InChI=1S/C24H20N4O4/c1-24(2,3)13-6-4-12(5-7-13)23-26-16-10-14(8-9-17(16)32-23)28-18(29)11-15-19(20(28)25)22(31)27-21(15)30/h4-11H,25H2,1-3H3,(H,27,30,31). The van der Waals surface area contributed by atoms with Gasteiger partial charge >= 0.3 is 0 Å². The van der Waals surface area contributed by atoms with Gasteiger partial charge in [0.15, 0.2) is 5.58 Å². The first kappa shape index (κ1) is 19.7. The first-order valence-corrected chi connectivity index (χ1v) is 10.1. The lowest BCUT2D eigenvalue weighted by atomic mass is 9.87. The van der Waals surface area contributed by atoms with E-state index in [1.54, 1.807) is 18.2 Å². The highest BCUT2D eigenvalue weighted by Gasteiger charge is 2.32. The van der Waals surface area contributed by atoms with Gasteiger partial charge in [-0.05, 0) is 41.3 Å². The fraction of sp³-hybridized carbons (Fsp3) is 0.167. The number of imide groups is 1. The number of anilines is 1. The molecule has 3 N–H and O–H groups in total. The number of pyridine rings is 1. The molecule has 0 fully saturated rings. The van der Waals surface area contributed by atoms with Gasteiger partial charge in [-0.2, -0.15) is 0 Å². The summed E-state index contributed by atoms with van der Waals surface area (Å²) in [6.45, 7) is 6.44. The average Bonchev–Trinajstić information content (AvgIpc) is 3.27. The second-order valence-corrected chi connectivity index (χ2v) is 8.77. The van der Waals surface area contributed by atoms with Gasteiger partial charge < -0.3 is 10.2 Å². The second kappa shape index (κ2) is 6.65. The molecule has 2 amide bonds. The number of fused-ring (bicyclic) bond motifs is 2. The van der Waals surface area contributed by atoms with E-state index in [1.165, 1.54) is 10.1 Å². The maximum Gasteiger partial charge on any atom is 0.262 e. The first-order valence-electron chi connectivity index (χ1n) is 10.1. The van der Waals surface area contributed by atoms with E-state index in [2.05, 4.69) is 31.1 Å². The number of nitrogens with one attached hydrogen (secondary N) is 1. The minimum atomic E-state index is -0.630. The third-order valence-electron chi connectivity index (χ3n) is 5.58. The molecule has 4 aromatic rings. The Morgan fingerprint density at radius 3 is 2.38 bits per heavy atom. The van der Waals surface area contributed by atoms with Crippen molar-refractivity contribution in [1.29, 1.82) is 0 Å². The van der Waals surface area contributed by atoms with Gasteiger partial charge in [-0.1, -0.05) is 32.9 Å². The number of hydrogen-bond donors (Lipinski definition) is 2. The van der Waals surface area contributed by atoms with E-state index in [1.807, 2.05) is 24.3 Å². The Labute approximate surface area is 182 Å². The van der Waals surface area contributed by atoms with Crippen molar-refractivity contribution >= 4 is 28.7 Å². The van der Waals surface area contributed by atoms with E-state index in [4.69, 9.17) is 10.2 Å². The monoisotopic (exact) mass is 428 g/mol. The molecule has 0 bridgehead atoms. The minimum absolute atomic E-state index is 0.00511. The van der Waals surface area contributed by atoms with Gasteiger partial charge in [-0.25, -0.2) is 4.98 Å². The molecule has 5 rings (SSSR count). The van der Waals surface area contributed by atoms with Crippen molar-refractivity contribution in [2.45, 2.75) is 26.2 Å². The number of amides is 2. The van der Waals surface area contributed by atoms with Gasteiger partial charge in [0.25, 0.3) is 17.4 Å². The number of aromatic nitrogens is 2. The molecule has 8 nitrogen and oxygen atoms in total. The van der Waals surface area contributed by atoms with E-state index in [0.717, 1.165) is 11.6 Å². The number of carbonyl (C=O) groups is 2. The van der Waals surface area contributed by atoms with Crippen molar-refractivity contribution in [3.05, 3.63) is 75.6 Å². The van der Waals surface area contributed by atoms with Crippen LogP contribution in [-0.4, -0.2) is 21.4 Å². The number of benzene rings is 2. The second-order valence-electron chi connectivity index (χ2n) is 8.77. The summed E-state index contributed by atoms with van der Waals surface area (Å²) in [5.41, 5.74) is 9.14. The van der Waals surface area contributed by atoms with Crippen LogP contribution in [0.2, 0.25) is 0 Å². The van der Waals surface area contributed by atoms with E-state index < -0.39 is 17.4 Å². The Balaban J connectivity index is 1.59. The summed E-state index contributed by atoms with van der Waals surface area (Å²) in [6.07, 6.45) is 0. The summed E-state index contributed by atoms with van der Waals surface area (Å²) in [7, 11) is 0. The molecule has 160 valence electrons. The van der Waals surface area contributed by atoms with Crippen molar-refractivity contribution in [1.82, 2.24) is 14.9 Å². The summed E-state index contributed by atoms with van der Waals surface area (Å²) in [6, 6.07) is 14.1. The van der Waals surface area contributed by atoms with Crippen LogP contribution in [0.1, 0.15) is 47.1 Å². The predicted molar refractivity (Wildman–Crippen MR) is 120 cm³/mol. The smallest absolute Gasteiger partial charge is 0.262 e. The van der Waals surface area contributed by atoms with Crippen LogP contribution in [0.25, 0.3) is 28.2 Å². The van der Waals surface area contributed by atoms with Crippen LogP contribution in [0.15, 0.2) is 57.7 Å². The minimum Gasteiger partial charge on any atom is -0.436 e. The molecular weight excluding hydrogens is 408 g/mol. The van der Waals surface area contributed by atoms with Crippen molar-refractivity contribution in [3.63, 3.8) is 0 Å². The fourth-order valence-corrected chi connectivity index (χ4v) is 3.84. The van der Waals surface area contributed by atoms with Crippen molar-refractivity contribution < 1.29 is 14.0 Å². The molecule has 2 aromatic carbocycles. The molecule has 3 heterocycles. The molecule has 0 saturated carbocycles. The average molecular weight is 428 g/mol. The molecule has 8 heteroatoms. The highest BCUT2D eigenvalue weighted by molar-refractivity contribution is 6.23. The van der Waals surface area contributed by atoms with Crippen LogP contribution in [0.4, 0.5) is 5.82 Å². The third kappa shape index (κ3) is 2.99. The SMILES string of the molecule is CC(C)(C)c1ccc(-c2nc3cc(-n4c(N)c5c(cc4=O)C(=O)NC5=O)ccc3o2)cc1. The number of nitrogen functional groups attached to an aromatic ring is 1. The van der Waals surface area contributed by atoms with Crippen molar-refractivity contribution in [3.8, 4) is 17.1 Å². The van der Waals surface area contributed by atoms with Gasteiger partial charge in [-0.3, -0.25) is 24.3 Å². The summed E-state index contributed by atoms with van der Waals surface area (Å²) in [5.74, 6) is -0.900. The Bertz CT molecular complexity index is 1490. The number of rotatable bonds is 2. The molecule has 0 spiro atoms. The van der Waals surface area contributed by atoms with Crippen LogP contribution < -0.4 is 16.6 Å². The Morgan fingerprint density at radius 1 is 0.969 bits per heavy atom. The van der Waals surface area contributed by atoms with E-state index in [0.29, 0.717) is 22.7 Å². The van der Waals surface area contributed by atoms with Crippen LogP contribution in [-0.2, 0) is 5.41 Å². The summed E-state index contributed by atoms with van der Waals surface area (Å²) >= 11 is 0. The van der Waals surface area contributed by atoms with E-state index >= 15 is 0 Å². The van der Waals surface area contributed by atoms with Crippen LogP contribution in [0, 0.1) is 0 Å². The quantitative estimate of drug-likeness (QED) is 0.472. The highest BCUT2D eigenvalue weighted by atomic mass is 16.3. The van der Waals surface area contributed by atoms with Gasteiger partial charge in [-0.15, -0.1) is 0 Å². The summed E-state index contributed by atoms with van der Waals surface area (Å²) < 4.78 is 7.08. The molecule has 0 unspecified atom stereocenters. The molecule has 0 atom stereocenters. The lowest BCUT2D eigenvalue weighted by Crippen LogP contribution is -2.24. The van der Waals surface area contributed by atoms with Crippen molar-refractivity contribution in [2.75, 3.05) is 5.73 Å². The van der Waals surface area contributed by atoms with Crippen molar-refractivity contribution in [2.24, 2.45) is 0 Å². The van der Waals surface area contributed by atoms with E-state index in [-0.39, 0.29) is 22.4 Å². The molecule has 1 aliphatic heterocycles. The Kier molecular flexibility index (Phi) is 4.10. The highest BCUT2D eigenvalue weighted by Crippen LogP contribution is 2.29. The lowest BCUT2D eigenvalue weighted by molar-refractivity contribution is 0.0880.